The van der Waals surface area contributed by atoms with Gasteiger partial charge in [0.1, 0.15) is 24.8 Å². The molecule has 2 unspecified atom stereocenters. The van der Waals surface area contributed by atoms with Crippen LogP contribution in [0.25, 0.3) is 0 Å². The molecule has 0 bridgehead atoms. The summed E-state index contributed by atoms with van der Waals surface area (Å²) in [5, 5.41) is 0. The first kappa shape index (κ1) is 31.3. The Morgan fingerprint density at radius 1 is 0.696 bits per heavy atom. The molecular weight excluding hydrogens is 590 g/mol. The molecule has 2 atom stereocenters. The molecule has 0 heterocycles. The van der Waals surface area contributed by atoms with Gasteiger partial charge in [0.15, 0.2) is 11.6 Å². The van der Waals surface area contributed by atoms with Crippen molar-refractivity contribution in [1.29, 1.82) is 0 Å². The van der Waals surface area contributed by atoms with Crippen LogP contribution in [0.15, 0.2) is 78.9 Å². The van der Waals surface area contributed by atoms with E-state index in [4.69, 9.17) is 18.9 Å². The third-order valence-electron chi connectivity index (χ3n) is 8.65. The van der Waals surface area contributed by atoms with E-state index < -0.39 is 11.7 Å². The SMILES string of the molecule is CCOC(=O)C1Cc2ccc(OCc3ccc(CCOC(=O)C4Cc5cc(OCc6ccccc6)cc(F)c5C4)cc3)c(F)c2C1. The van der Waals surface area contributed by atoms with Crippen molar-refractivity contribution in [3.63, 3.8) is 0 Å². The van der Waals surface area contributed by atoms with E-state index in [-0.39, 0.29) is 42.6 Å². The number of benzene rings is 4. The molecule has 4 aromatic carbocycles. The fraction of sp³-hybridized carbons (Fsp3) is 0.316. The number of carbonyl (C=O) groups excluding carboxylic acids is 2. The van der Waals surface area contributed by atoms with Crippen molar-refractivity contribution in [2.24, 2.45) is 11.8 Å². The van der Waals surface area contributed by atoms with Crippen LogP contribution < -0.4 is 9.47 Å². The zero-order valence-corrected chi connectivity index (χ0v) is 25.7. The van der Waals surface area contributed by atoms with Gasteiger partial charge < -0.3 is 18.9 Å². The van der Waals surface area contributed by atoms with Crippen molar-refractivity contribution in [3.05, 3.63) is 129 Å². The van der Waals surface area contributed by atoms with Crippen LogP contribution in [0.2, 0.25) is 0 Å². The van der Waals surface area contributed by atoms with Crippen LogP contribution in [0, 0.1) is 23.5 Å². The lowest BCUT2D eigenvalue weighted by atomic mass is 10.1. The predicted molar refractivity (Wildman–Crippen MR) is 167 cm³/mol. The van der Waals surface area contributed by atoms with Crippen molar-refractivity contribution in [2.45, 2.75) is 52.2 Å². The summed E-state index contributed by atoms with van der Waals surface area (Å²) >= 11 is 0. The lowest BCUT2D eigenvalue weighted by Gasteiger charge is -2.11. The molecule has 6 nitrogen and oxygen atoms in total. The Morgan fingerprint density at radius 2 is 1.35 bits per heavy atom. The Labute approximate surface area is 267 Å². The lowest BCUT2D eigenvalue weighted by molar-refractivity contribution is -0.148. The van der Waals surface area contributed by atoms with Crippen LogP contribution in [0.4, 0.5) is 8.78 Å². The van der Waals surface area contributed by atoms with Crippen LogP contribution >= 0.6 is 0 Å². The van der Waals surface area contributed by atoms with Crippen molar-refractivity contribution < 1.29 is 37.3 Å². The van der Waals surface area contributed by atoms with Gasteiger partial charge >= 0.3 is 11.9 Å². The van der Waals surface area contributed by atoms with E-state index in [1.165, 1.54) is 6.07 Å². The maximum atomic E-state index is 15.1. The van der Waals surface area contributed by atoms with E-state index in [1.807, 2.05) is 66.7 Å². The molecule has 6 rings (SSSR count). The van der Waals surface area contributed by atoms with Crippen LogP contribution in [-0.4, -0.2) is 25.2 Å². The summed E-state index contributed by atoms with van der Waals surface area (Å²) in [5.41, 5.74) is 5.50. The van der Waals surface area contributed by atoms with Crippen LogP contribution in [-0.2, 0) is 64.4 Å². The van der Waals surface area contributed by atoms with Crippen molar-refractivity contribution in [3.8, 4) is 11.5 Å². The molecule has 0 saturated carbocycles. The van der Waals surface area contributed by atoms with Gasteiger partial charge in [-0.15, -0.1) is 0 Å². The molecular formula is C38H36F2O6. The summed E-state index contributed by atoms with van der Waals surface area (Å²) in [6.07, 6.45) is 2.04. The molecule has 0 saturated heterocycles. The van der Waals surface area contributed by atoms with Gasteiger partial charge in [-0.2, -0.15) is 0 Å². The maximum absolute atomic E-state index is 15.1. The van der Waals surface area contributed by atoms with Gasteiger partial charge in [0, 0.05) is 12.5 Å². The molecule has 0 amide bonds. The topological polar surface area (TPSA) is 71.1 Å². The Bertz CT molecular complexity index is 1700. The van der Waals surface area contributed by atoms with E-state index in [0.29, 0.717) is 62.2 Å². The number of hydrogen-bond donors (Lipinski definition) is 0. The second kappa shape index (κ2) is 14.1. The van der Waals surface area contributed by atoms with Gasteiger partial charge in [-0.1, -0.05) is 60.7 Å². The third kappa shape index (κ3) is 7.22. The Hall–Kier alpha value is -4.72. The molecule has 2 aliphatic rings. The minimum absolute atomic E-state index is 0.157. The Kier molecular flexibility index (Phi) is 9.62. The molecule has 0 N–H and O–H groups in total. The summed E-state index contributed by atoms with van der Waals surface area (Å²) < 4.78 is 52.2. The predicted octanol–water partition coefficient (Wildman–Crippen LogP) is 6.90. The Balaban J connectivity index is 0.950. The summed E-state index contributed by atoms with van der Waals surface area (Å²) in [6.45, 7) is 2.80. The van der Waals surface area contributed by atoms with Gasteiger partial charge in [0.25, 0.3) is 0 Å². The van der Waals surface area contributed by atoms with E-state index >= 15 is 4.39 Å². The smallest absolute Gasteiger partial charge is 0.309 e. The normalized spacial score (nSPS) is 16.4. The zero-order chi connectivity index (χ0) is 32.0. The van der Waals surface area contributed by atoms with Gasteiger partial charge in [0.2, 0.25) is 0 Å². The molecule has 8 heteroatoms. The average Bonchev–Trinajstić information content (AvgIpc) is 3.71. The van der Waals surface area contributed by atoms with Crippen molar-refractivity contribution in [2.75, 3.05) is 13.2 Å². The molecule has 2 aliphatic carbocycles. The summed E-state index contributed by atoms with van der Waals surface area (Å²) in [7, 11) is 0. The molecule has 0 spiro atoms. The highest BCUT2D eigenvalue weighted by molar-refractivity contribution is 5.75. The van der Waals surface area contributed by atoms with Crippen LogP contribution in [0.5, 0.6) is 11.5 Å². The number of ether oxygens (including phenoxy) is 4. The first-order valence-electron chi connectivity index (χ1n) is 15.7. The van der Waals surface area contributed by atoms with Gasteiger partial charge in [-0.25, -0.2) is 8.78 Å². The monoisotopic (exact) mass is 626 g/mol. The van der Waals surface area contributed by atoms with Crippen LogP contribution in [0.3, 0.4) is 0 Å². The minimum Gasteiger partial charge on any atom is -0.489 e. The first-order valence-corrected chi connectivity index (χ1v) is 15.7. The number of halogens is 2. The van der Waals surface area contributed by atoms with Crippen molar-refractivity contribution >= 4 is 11.9 Å². The second-order valence-corrected chi connectivity index (χ2v) is 11.8. The largest absolute Gasteiger partial charge is 0.489 e. The van der Waals surface area contributed by atoms with E-state index in [2.05, 4.69) is 0 Å². The summed E-state index contributed by atoms with van der Waals surface area (Å²) in [4.78, 5) is 24.9. The number of esters is 2. The molecule has 46 heavy (non-hydrogen) atoms. The second-order valence-electron chi connectivity index (χ2n) is 11.8. The molecule has 0 aliphatic heterocycles. The van der Waals surface area contributed by atoms with E-state index in [1.54, 1.807) is 13.0 Å². The van der Waals surface area contributed by atoms with E-state index in [9.17, 15) is 14.0 Å². The summed E-state index contributed by atoms with van der Waals surface area (Å²) in [5.74, 6) is -1.60. The third-order valence-corrected chi connectivity index (χ3v) is 8.65. The molecule has 0 aromatic heterocycles. The quantitative estimate of drug-likeness (QED) is 0.159. The lowest BCUT2D eigenvalue weighted by Crippen LogP contribution is -2.19. The fourth-order valence-corrected chi connectivity index (χ4v) is 6.18. The average molecular weight is 627 g/mol. The molecule has 238 valence electrons. The van der Waals surface area contributed by atoms with Crippen molar-refractivity contribution in [1.82, 2.24) is 0 Å². The van der Waals surface area contributed by atoms with Gasteiger partial charge in [-0.05, 0) is 83.7 Å². The fourth-order valence-electron chi connectivity index (χ4n) is 6.18. The number of rotatable bonds is 12. The van der Waals surface area contributed by atoms with Crippen LogP contribution in [0.1, 0.15) is 45.9 Å². The molecule has 4 aromatic rings. The highest BCUT2D eigenvalue weighted by atomic mass is 19.1. The zero-order valence-electron chi connectivity index (χ0n) is 25.7. The Morgan fingerprint density at radius 3 is 2.11 bits per heavy atom. The summed E-state index contributed by atoms with van der Waals surface area (Å²) in [6, 6.07) is 23.9. The minimum atomic E-state index is -0.427. The number of carbonyl (C=O) groups is 2. The number of fused-ring (bicyclic) bond motifs is 2. The highest BCUT2D eigenvalue weighted by Gasteiger charge is 2.33. The molecule has 0 radical (unpaired) electrons. The van der Waals surface area contributed by atoms with Gasteiger partial charge in [0.05, 0.1) is 25.0 Å². The maximum Gasteiger partial charge on any atom is 0.309 e. The highest BCUT2D eigenvalue weighted by Crippen LogP contribution is 2.35. The van der Waals surface area contributed by atoms with Gasteiger partial charge in [-0.3, -0.25) is 9.59 Å². The standard InChI is InChI=1S/C38H36F2O6/c1-2-43-37(41)29-16-27-12-13-35(36(40)33(27)20-29)46-23-26-10-8-24(9-11-26)14-15-44-38(42)30-17-28-18-31(21-34(39)32(28)19-30)45-22-25-6-4-3-5-7-25/h3-13,18,21,29-30H,2,14-17,19-20,22-23H2,1H3. The number of hydrogen-bond acceptors (Lipinski definition) is 6. The van der Waals surface area contributed by atoms with E-state index in [0.717, 1.165) is 27.8 Å². The molecule has 0 fully saturated rings. The first-order chi connectivity index (χ1) is 22.4.